The highest BCUT2D eigenvalue weighted by Gasteiger charge is 2.27. The van der Waals surface area contributed by atoms with Crippen LogP contribution in [0.5, 0.6) is 0 Å². The highest BCUT2D eigenvalue weighted by Crippen LogP contribution is 2.22. The molecule has 1 aliphatic heterocycles. The van der Waals surface area contributed by atoms with Gasteiger partial charge in [-0.15, -0.1) is 0 Å². The first-order chi connectivity index (χ1) is 10.4. The van der Waals surface area contributed by atoms with E-state index < -0.39 is 0 Å². The predicted octanol–water partition coefficient (Wildman–Crippen LogP) is 2.40. The lowest BCUT2D eigenvalue weighted by molar-refractivity contribution is 0.117. The lowest BCUT2D eigenvalue weighted by Gasteiger charge is -2.40. The number of hydrogen-bond acceptors (Lipinski definition) is 4. The van der Waals surface area contributed by atoms with Crippen molar-refractivity contribution < 1.29 is 0 Å². The Morgan fingerprint density at radius 3 is 2.76 bits per heavy atom. The quantitative estimate of drug-likeness (QED) is 0.935. The normalized spacial score (nSPS) is 23.1. The molecule has 2 aromatic rings. The van der Waals surface area contributed by atoms with Gasteiger partial charge in [-0.25, -0.2) is 0 Å². The number of hydrogen-bond donors (Lipinski definition) is 1. The molecule has 4 heteroatoms. The summed E-state index contributed by atoms with van der Waals surface area (Å²) in [5.74, 6) is 0. The summed E-state index contributed by atoms with van der Waals surface area (Å²) in [6.07, 6.45) is 2.88. The molecule has 1 N–H and O–H groups in total. The molecular formula is C17H22N4. The molecular weight excluding hydrogens is 260 g/mol. The van der Waals surface area contributed by atoms with Crippen LogP contribution in [0, 0.1) is 0 Å². The van der Waals surface area contributed by atoms with Crippen LogP contribution in [0.4, 0.5) is 0 Å². The fraction of sp³-hybridized carbons (Fsp3) is 0.412. The summed E-state index contributed by atoms with van der Waals surface area (Å²) < 4.78 is 0. The van der Waals surface area contributed by atoms with Crippen LogP contribution in [0.15, 0.2) is 48.7 Å². The molecule has 110 valence electrons. The maximum Gasteiger partial charge on any atom is 0.0771 e. The van der Waals surface area contributed by atoms with Gasteiger partial charge in [0.2, 0.25) is 0 Å². The number of nitrogens with one attached hydrogen (secondary N) is 1. The van der Waals surface area contributed by atoms with E-state index in [4.69, 9.17) is 0 Å². The first-order valence-corrected chi connectivity index (χ1v) is 7.65. The maximum absolute atomic E-state index is 4.23. The molecule has 0 aliphatic carbocycles. The maximum atomic E-state index is 4.23. The largest absolute Gasteiger partial charge is 0.307 e. The Kier molecular flexibility index (Phi) is 4.58. The van der Waals surface area contributed by atoms with Gasteiger partial charge in [-0.05, 0) is 24.1 Å². The number of benzene rings is 1. The van der Waals surface area contributed by atoms with Crippen LogP contribution in [0.1, 0.15) is 30.6 Å². The van der Waals surface area contributed by atoms with Crippen molar-refractivity contribution in [1.29, 1.82) is 0 Å². The molecule has 2 unspecified atom stereocenters. The minimum atomic E-state index is 0.394. The van der Waals surface area contributed by atoms with Crippen molar-refractivity contribution >= 4 is 0 Å². The lowest BCUT2D eigenvalue weighted by atomic mass is 10.0. The van der Waals surface area contributed by atoms with Crippen molar-refractivity contribution in [2.24, 2.45) is 0 Å². The summed E-state index contributed by atoms with van der Waals surface area (Å²) in [5, 5.41) is 11.9. The molecule has 0 bridgehead atoms. The first-order valence-electron chi connectivity index (χ1n) is 7.65. The van der Waals surface area contributed by atoms with E-state index in [1.165, 1.54) is 5.56 Å². The van der Waals surface area contributed by atoms with Crippen molar-refractivity contribution in [1.82, 2.24) is 20.4 Å². The van der Waals surface area contributed by atoms with Gasteiger partial charge in [-0.3, -0.25) is 4.90 Å². The molecule has 1 aliphatic rings. The Balaban J connectivity index is 1.73. The molecule has 4 nitrogen and oxygen atoms in total. The Hall–Kier alpha value is -1.78. The van der Waals surface area contributed by atoms with Gasteiger partial charge in [-0.1, -0.05) is 37.3 Å². The van der Waals surface area contributed by atoms with Crippen LogP contribution < -0.4 is 5.32 Å². The molecule has 0 spiro atoms. The van der Waals surface area contributed by atoms with Crippen LogP contribution in [0.2, 0.25) is 0 Å². The smallest absolute Gasteiger partial charge is 0.0771 e. The second-order valence-corrected chi connectivity index (χ2v) is 5.58. The van der Waals surface area contributed by atoms with Gasteiger partial charge in [0, 0.05) is 37.9 Å². The molecule has 2 heterocycles. The first kappa shape index (κ1) is 14.2. The summed E-state index contributed by atoms with van der Waals surface area (Å²) in [5.41, 5.74) is 2.40. The average Bonchev–Trinajstić information content (AvgIpc) is 2.56. The molecule has 1 aromatic heterocycles. The Morgan fingerprint density at radius 1 is 1.19 bits per heavy atom. The number of nitrogens with zero attached hydrogens (tertiary/aromatic N) is 3. The minimum absolute atomic E-state index is 0.394. The van der Waals surface area contributed by atoms with Gasteiger partial charge in [0.05, 0.1) is 5.69 Å². The zero-order valence-corrected chi connectivity index (χ0v) is 12.4. The van der Waals surface area contributed by atoms with E-state index in [2.05, 4.69) is 63.7 Å². The molecule has 0 saturated carbocycles. The van der Waals surface area contributed by atoms with Crippen LogP contribution >= 0.6 is 0 Å². The van der Waals surface area contributed by atoms with Gasteiger partial charge in [0.1, 0.15) is 0 Å². The molecule has 1 saturated heterocycles. The van der Waals surface area contributed by atoms with Gasteiger partial charge in [-0.2, -0.15) is 10.2 Å². The van der Waals surface area contributed by atoms with E-state index in [-0.39, 0.29) is 0 Å². The molecule has 1 fully saturated rings. The summed E-state index contributed by atoms with van der Waals surface area (Å²) in [6.45, 7) is 5.16. The standard InChI is InChI=1S/C17H22N4/c1-2-16-11-18-17(14-7-4-3-5-8-14)13-21(16)12-15-9-6-10-19-20-15/h3-10,16-18H,2,11-13H2,1H3. The molecule has 1 aromatic carbocycles. The zero-order valence-electron chi connectivity index (χ0n) is 12.4. The summed E-state index contributed by atoms with van der Waals surface area (Å²) >= 11 is 0. The summed E-state index contributed by atoms with van der Waals surface area (Å²) in [6, 6.07) is 15.6. The second-order valence-electron chi connectivity index (χ2n) is 5.58. The summed E-state index contributed by atoms with van der Waals surface area (Å²) in [4.78, 5) is 2.53. The molecule has 2 atom stereocenters. The monoisotopic (exact) mass is 282 g/mol. The van der Waals surface area contributed by atoms with E-state index >= 15 is 0 Å². The summed E-state index contributed by atoms with van der Waals surface area (Å²) in [7, 11) is 0. The third-order valence-corrected chi connectivity index (χ3v) is 4.20. The third kappa shape index (κ3) is 3.46. The molecule has 0 amide bonds. The Labute approximate surface area is 126 Å². The lowest BCUT2D eigenvalue weighted by Crippen LogP contribution is -2.52. The van der Waals surface area contributed by atoms with Gasteiger partial charge in [0.15, 0.2) is 0 Å². The van der Waals surface area contributed by atoms with E-state index in [0.717, 1.165) is 31.7 Å². The zero-order chi connectivity index (χ0) is 14.5. The van der Waals surface area contributed by atoms with Gasteiger partial charge < -0.3 is 5.32 Å². The van der Waals surface area contributed by atoms with Crippen molar-refractivity contribution in [2.75, 3.05) is 13.1 Å². The fourth-order valence-electron chi connectivity index (χ4n) is 2.99. The van der Waals surface area contributed by atoms with Crippen LogP contribution in [0.3, 0.4) is 0 Å². The molecule has 3 rings (SSSR count). The van der Waals surface area contributed by atoms with E-state index in [1.807, 2.05) is 6.07 Å². The fourth-order valence-corrected chi connectivity index (χ4v) is 2.99. The van der Waals surface area contributed by atoms with Crippen LogP contribution in [-0.4, -0.2) is 34.2 Å². The van der Waals surface area contributed by atoms with Crippen molar-refractivity contribution in [3.8, 4) is 0 Å². The minimum Gasteiger partial charge on any atom is -0.307 e. The Morgan fingerprint density at radius 2 is 2.05 bits per heavy atom. The van der Waals surface area contributed by atoms with E-state index in [9.17, 15) is 0 Å². The highest BCUT2D eigenvalue weighted by molar-refractivity contribution is 5.20. The van der Waals surface area contributed by atoms with Crippen LogP contribution in [-0.2, 0) is 6.54 Å². The SMILES string of the molecule is CCC1CNC(c2ccccc2)CN1Cc1cccnn1. The van der Waals surface area contributed by atoms with Gasteiger partial charge in [0.25, 0.3) is 0 Å². The highest BCUT2D eigenvalue weighted by atomic mass is 15.2. The predicted molar refractivity (Wildman–Crippen MR) is 83.7 cm³/mol. The van der Waals surface area contributed by atoms with Crippen molar-refractivity contribution in [3.63, 3.8) is 0 Å². The van der Waals surface area contributed by atoms with E-state index in [1.54, 1.807) is 6.20 Å². The average molecular weight is 282 g/mol. The van der Waals surface area contributed by atoms with Crippen molar-refractivity contribution in [3.05, 3.63) is 59.9 Å². The van der Waals surface area contributed by atoms with Crippen LogP contribution in [0.25, 0.3) is 0 Å². The van der Waals surface area contributed by atoms with E-state index in [0.29, 0.717) is 12.1 Å². The number of piperazine rings is 1. The topological polar surface area (TPSA) is 41.0 Å². The third-order valence-electron chi connectivity index (χ3n) is 4.20. The number of rotatable bonds is 4. The van der Waals surface area contributed by atoms with Gasteiger partial charge >= 0.3 is 0 Å². The number of aromatic nitrogens is 2. The second kappa shape index (κ2) is 6.78. The molecule has 0 radical (unpaired) electrons. The van der Waals surface area contributed by atoms with Crippen molar-refractivity contribution in [2.45, 2.75) is 32.0 Å². The Bertz CT molecular complexity index is 543. The molecule has 21 heavy (non-hydrogen) atoms.